The number of carbonyl (C=O) groups excluding carboxylic acids is 6. The van der Waals surface area contributed by atoms with Gasteiger partial charge in [-0.3, -0.25) is 52.8 Å². The lowest BCUT2D eigenvalue weighted by molar-refractivity contribution is -0.142. The highest BCUT2D eigenvalue weighted by Crippen LogP contribution is 2.44. The molecule has 3 aliphatic rings. The average molecular weight is 1710 g/mol. The number of sulfonamides is 1. The van der Waals surface area contributed by atoms with Gasteiger partial charge in [-0.15, -0.1) is 11.8 Å². The summed E-state index contributed by atoms with van der Waals surface area (Å²) in [4.78, 5) is 155. The zero-order chi connectivity index (χ0) is 84.7. The molecule has 6 aromatic rings. The molecular formula is C73H92N17O20S4Si2+. The number of aromatic nitrogens is 6. The number of nitrogens with one attached hydrogen (secondary N) is 7. The van der Waals surface area contributed by atoms with Crippen LogP contribution in [-0.2, 0) is 75.7 Å². The second kappa shape index (κ2) is 38.9. The van der Waals surface area contributed by atoms with Gasteiger partial charge in [0.05, 0.1) is 41.1 Å². The average Bonchev–Trinajstić information content (AvgIpc) is 0.806. The monoisotopic (exact) mass is 1710 g/mol. The van der Waals surface area contributed by atoms with Gasteiger partial charge in [-0.05, 0) is 127 Å². The first-order valence-corrected chi connectivity index (χ1v) is 48.0. The van der Waals surface area contributed by atoms with E-state index in [9.17, 15) is 84.7 Å². The lowest BCUT2D eigenvalue weighted by Gasteiger charge is -2.34. The number of nitrogens with two attached hydrogens (primary N) is 2. The van der Waals surface area contributed by atoms with Crippen LogP contribution in [0.5, 0.6) is 0 Å². The highest BCUT2D eigenvalue weighted by atomic mass is 32.2. The van der Waals surface area contributed by atoms with E-state index in [-0.39, 0.29) is 54.3 Å². The molecule has 5 atom stereocenters. The Kier molecular flexibility index (Phi) is 29.9. The van der Waals surface area contributed by atoms with Crippen LogP contribution < -0.4 is 63.2 Å². The van der Waals surface area contributed by atoms with Crippen LogP contribution in [0.3, 0.4) is 0 Å². The third kappa shape index (κ3) is 23.3. The number of aromatic amines is 1. The molecule has 9 rings (SSSR count). The van der Waals surface area contributed by atoms with Crippen molar-refractivity contribution in [2.24, 2.45) is 5.73 Å². The van der Waals surface area contributed by atoms with Crippen LogP contribution in [0, 0.1) is 0 Å². The largest absolute Gasteiger partial charge is 0.481 e. The molecule has 1 unspecified atom stereocenters. The molecule has 43 heteroatoms. The number of fused-ring (bicyclic) bond motifs is 3. The molecule has 1 aliphatic carbocycles. The molecule has 1 saturated heterocycles. The van der Waals surface area contributed by atoms with Gasteiger partial charge in [0, 0.05) is 126 Å². The fraction of sp³-hybridized carbons (Fsp3) is 0.397. The van der Waals surface area contributed by atoms with Crippen molar-refractivity contribution in [2.45, 2.75) is 149 Å². The summed E-state index contributed by atoms with van der Waals surface area (Å²) in [6.07, 6.45) is 2.20. The Labute approximate surface area is 676 Å². The van der Waals surface area contributed by atoms with Crippen LogP contribution in [0.15, 0.2) is 122 Å². The molecule has 0 saturated carbocycles. The third-order valence-electron chi connectivity index (χ3n) is 18.7. The maximum absolute atomic E-state index is 14.0. The minimum atomic E-state index is -5.05. The number of thioether (sulfide) groups is 2. The number of carboxylic acid groups (broad SMARTS) is 3. The summed E-state index contributed by atoms with van der Waals surface area (Å²) in [6.45, 7) is 18.3. The molecule has 15 N–H and O–H groups in total. The smallest absolute Gasteiger partial charge is 0.327 e. The number of carbonyl (C=O) groups is 9. The Morgan fingerprint density at radius 1 is 0.776 bits per heavy atom. The van der Waals surface area contributed by atoms with E-state index in [4.69, 9.17) is 20.0 Å². The number of rotatable bonds is 41. The molecule has 0 radical (unpaired) electrons. The molecule has 6 amide bonds. The topological polar surface area (TPSA) is 556 Å². The van der Waals surface area contributed by atoms with Crippen molar-refractivity contribution in [3.05, 3.63) is 130 Å². The molecule has 3 aromatic heterocycles. The summed E-state index contributed by atoms with van der Waals surface area (Å²) in [5.41, 5.74) is 14.4. The maximum atomic E-state index is 14.0. The van der Waals surface area contributed by atoms with E-state index in [1.807, 2.05) is 90.3 Å². The number of anilines is 3. The third-order valence-corrected chi connectivity index (χ3v) is 32.1. The van der Waals surface area contributed by atoms with Crippen LogP contribution in [0.25, 0.3) is 44.6 Å². The summed E-state index contributed by atoms with van der Waals surface area (Å²) in [5, 5.41) is 42.9. The number of benzene rings is 4. The van der Waals surface area contributed by atoms with Crippen molar-refractivity contribution >= 4 is 153 Å². The predicted molar refractivity (Wildman–Crippen MR) is 437 cm³/mol. The SMILES string of the molecule is CCN(CC)c1ccc2c(-c3ccc(S(=O)(=O)NCc4cnc(SC[Si](C)(C)O[Si](C)(C)CCCN5C(=O)CC(SC[C@H](NC(=O)[C@H](CN)NC(=O)[C@H](CC(=O)O)NC(=O)CC[C@H](NC(=O)c6ccc(NCc7cnc8nc(N)[nH]c(=O)c8n7)cc6)C(=O)O)C(=O)O)C5=O)nc4)cc3S(=O)(=O)O)c3ccc(=[N+](CC)CC)cc-3oc2c1. The summed E-state index contributed by atoms with van der Waals surface area (Å²) in [5.74, 6) is -10.1. The van der Waals surface area contributed by atoms with E-state index in [1.54, 1.807) is 0 Å². The standard InChI is InChI=1S/C73H91N17O20S4Si2/c1-9-88(10-2)45-18-21-48-55(28-45)109-56-29-46(89(11-3)12-4)19-22-49(56)62(48)50-23-20-47(30-58(50)114(106,107)108)113(104,105)80-36-41-34-78-73(79-35-41)112-40-116(7,8)110-115(5,6)27-13-26-90-60(92)32-57(69(90)99)111-39-54(71(102)103)85-67(97)53(33-74)84-66(96)52(31-61(93)94)82-59(91)25-24-51(70(100)101)83-65(95)42-14-16-43(17-15-42)76-37-44-38-77-64-63(81-44)68(98)87-72(75)86-64/h14-23,28-30,34-35,38,51-54,57,80H,9-13,24-27,31-33,36-37,39-40,74H2,1-8H3,(H11-,75,76,77,82,83,84,85,86,87,91,93,94,95,96,97,98,100,101,102,103,106,107,108)/p+1/t51-,52-,53-,54-,57?/m0/s1. The molecule has 1 fully saturated rings. The Balaban J connectivity index is 0.711. The number of hydrogen-bond donors (Lipinski definition) is 13. The lowest BCUT2D eigenvalue weighted by atomic mass is 9.93. The van der Waals surface area contributed by atoms with Crippen molar-refractivity contribution < 1.29 is 88.4 Å². The number of nitrogen functional groups attached to an aromatic ring is 1. The number of carboxylic acids is 3. The number of aliphatic carboxylic acids is 3. The molecule has 0 bridgehead atoms. The summed E-state index contributed by atoms with van der Waals surface area (Å²) in [7, 11) is -14.4. The molecule has 620 valence electrons. The van der Waals surface area contributed by atoms with E-state index in [1.165, 1.54) is 66.8 Å². The lowest BCUT2D eigenvalue weighted by Crippen LogP contribution is -2.58. The summed E-state index contributed by atoms with van der Waals surface area (Å²) < 4.78 is 83.4. The van der Waals surface area contributed by atoms with Gasteiger partial charge in [0.25, 0.3) is 21.6 Å². The van der Waals surface area contributed by atoms with Crippen LogP contribution in [0.4, 0.5) is 17.3 Å². The molecule has 2 aliphatic heterocycles. The van der Waals surface area contributed by atoms with Crippen LogP contribution >= 0.6 is 23.5 Å². The second-order valence-corrected chi connectivity index (χ2v) is 42.7. The van der Waals surface area contributed by atoms with Gasteiger partial charge in [0.1, 0.15) is 53.5 Å². The normalized spacial score (nSPS) is 14.4. The van der Waals surface area contributed by atoms with Crippen LogP contribution in [0.2, 0.25) is 32.2 Å². The Morgan fingerprint density at radius 3 is 2.09 bits per heavy atom. The summed E-state index contributed by atoms with van der Waals surface area (Å²) in [6, 6.07) is 14.2. The van der Waals surface area contributed by atoms with Crippen LogP contribution in [0.1, 0.15) is 81.4 Å². The number of amides is 6. The fourth-order valence-electron chi connectivity index (χ4n) is 12.9. The molecule has 116 heavy (non-hydrogen) atoms. The van der Waals surface area contributed by atoms with Crippen molar-refractivity contribution in [2.75, 3.05) is 66.3 Å². The van der Waals surface area contributed by atoms with Gasteiger partial charge in [-0.1, -0.05) is 17.8 Å². The van der Waals surface area contributed by atoms with Gasteiger partial charge in [-0.2, -0.15) is 13.4 Å². The van der Waals surface area contributed by atoms with E-state index in [0.717, 1.165) is 33.8 Å². The van der Waals surface area contributed by atoms with E-state index < -0.39 is 166 Å². The van der Waals surface area contributed by atoms with Crippen molar-refractivity contribution in [1.82, 2.24) is 65.4 Å². The first-order valence-electron chi connectivity index (χ1n) is 36.8. The fourth-order valence-corrected chi connectivity index (χ4v) is 26.3. The molecule has 5 heterocycles. The van der Waals surface area contributed by atoms with E-state index >= 15 is 0 Å². The van der Waals surface area contributed by atoms with Gasteiger partial charge in [-0.25, -0.2) is 47.2 Å². The number of H-pyrrole nitrogens is 1. The predicted octanol–water partition coefficient (Wildman–Crippen LogP) is 3.54. The molecular weight excluding hydrogens is 1620 g/mol. The van der Waals surface area contributed by atoms with E-state index in [2.05, 4.69) is 70.7 Å². The minimum absolute atomic E-state index is 0.0271. The zero-order valence-corrected chi connectivity index (χ0v) is 69.9. The van der Waals surface area contributed by atoms with Crippen molar-refractivity contribution in [3.8, 4) is 22.5 Å². The Hall–Kier alpha value is -10.6. The first-order chi connectivity index (χ1) is 54.8. The highest BCUT2D eigenvalue weighted by molar-refractivity contribution is 8.01. The number of likely N-dealkylation sites (tertiary alicyclic amines) is 1. The maximum Gasteiger partial charge on any atom is 0.327 e. The summed E-state index contributed by atoms with van der Waals surface area (Å²) >= 11 is 2.15. The van der Waals surface area contributed by atoms with Gasteiger partial charge < -0.3 is 66.8 Å². The zero-order valence-electron chi connectivity index (χ0n) is 64.6. The first kappa shape index (κ1) is 89.3. The quantitative estimate of drug-likeness (QED) is 0.00495. The van der Waals surface area contributed by atoms with Crippen molar-refractivity contribution in [3.63, 3.8) is 0 Å². The second-order valence-electron chi connectivity index (χ2n) is 28.2. The molecule has 37 nitrogen and oxygen atoms in total. The van der Waals surface area contributed by atoms with E-state index in [0.29, 0.717) is 94.0 Å². The Bertz CT molecular complexity index is 5390. The van der Waals surface area contributed by atoms with Crippen LogP contribution in [-0.4, -0.2) is 221 Å². The van der Waals surface area contributed by atoms with Gasteiger partial charge in [0.2, 0.25) is 50.9 Å². The Morgan fingerprint density at radius 2 is 1.45 bits per heavy atom. The van der Waals surface area contributed by atoms with Gasteiger partial charge >= 0.3 is 17.9 Å². The molecule has 0 spiro atoms. The number of imide groups is 1. The van der Waals surface area contributed by atoms with Crippen molar-refractivity contribution in [1.29, 1.82) is 0 Å². The molecule has 3 aromatic carbocycles. The highest BCUT2D eigenvalue weighted by Gasteiger charge is 2.41. The minimum Gasteiger partial charge on any atom is -0.481 e. The number of nitrogens with zero attached hydrogens (tertiary/aromatic N) is 8. The number of hydrogen-bond acceptors (Lipinski definition) is 27. The van der Waals surface area contributed by atoms with Gasteiger partial charge in [0.15, 0.2) is 33.0 Å².